The van der Waals surface area contributed by atoms with Crippen LogP contribution >= 0.6 is 0 Å². The minimum absolute atomic E-state index is 0.139. The first-order chi connectivity index (χ1) is 9.66. The molecule has 1 saturated carbocycles. The lowest BCUT2D eigenvalue weighted by atomic mass is 9.86. The number of hydrogen-bond donors (Lipinski definition) is 2. The van der Waals surface area contributed by atoms with Gasteiger partial charge in [-0.05, 0) is 36.8 Å². The van der Waals surface area contributed by atoms with Gasteiger partial charge in [0, 0.05) is 12.6 Å². The Morgan fingerprint density at radius 2 is 2.05 bits per heavy atom. The molecule has 3 nitrogen and oxygen atoms in total. The summed E-state index contributed by atoms with van der Waals surface area (Å²) in [7, 11) is 0. The molecule has 20 heavy (non-hydrogen) atoms. The molecule has 1 aliphatic carbocycles. The fraction of sp³-hybridized carbons (Fsp3) is 0.562. The zero-order valence-electron chi connectivity index (χ0n) is 12.0. The Morgan fingerprint density at radius 1 is 1.30 bits per heavy atom. The predicted molar refractivity (Wildman–Crippen MR) is 78.1 cm³/mol. The summed E-state index contributed by atoms with van der Waals surface area (Å²) in [5.74, 6) is 0.330. The zero-order valence-corrected chi connectivity index (χ0v) is 12.0. The van der Waals surface area contributed by atoms with Crippen molar-refractivity contribution in [3.8, 4) is 0 Å². The Kier molecular flexibility index (Phi) is 5.39. The Hall–Kier alpha value is -1.58. The van der Waals surface area contributed by atoms with Gasteiger partial charge in [-0.2, -0.15) is 0 Å². The lowest BCUT2D eigenvalue weighted by Crippen LogP contribution is -2.46. The lowest BCUT2D eigenvalue weighted by molar-refractivity contribution is 0.222. The van der Waals surface area contributed by atoms with Gasteiger partial charge in [-0.1, -0.05) is 38.0 Å². The van der Waals surface area contributed by atoms with Crippen LogP contribution in [0.3, 0.4) is 0 Å². The second-order valence-corrected chi connectivity index (χ2v) is 5.61. The number of nitrogens with one attached hydrogen (secondary N) is 2. The van der Waals surface area contributed by atoms with Crippen LogP contribution in [0, 0.1) is 11.7 Å². The molecule has 1 fully saturated rings. The Morgan fingerprint density at radius 3 is 2.80 bits per heavy atom. The van der Waals surface area contributed by atoms with Crippen molar-refractivity contribution in [2.75, 3.05) is 6.54 Å². The van der Waals surface area contributed by atoms with E-state index in [1.54, 1.807) is 12.1 Å². The summed E-state index contributed by atoms with van der Waals surface area (Å²) in [6, 6.07) is 6.81. The average molecular weight is 278 g/mol. The highest BCUT2D eigenvalue weighted by atomic mass is 19.1. The summed E-state index contributed by atoms with van der Waals surface area (Å²) in [6.45, 7) is 2.64. The van der Waals surface area contributed by atoms with Gasteiger partial charge in [0.2, 0.25) is 0 Å². The zero-order chi connectivity index (χ0) is 14.4. The molecule has 2 N–H and O–H groups in total. The first-order valence-electron chi connectivity index (χ1n) is 7.44. The number of urea groups is 1. The maximum absolute atomic E-state index is 13.4. The molecule has 2 rings (SSSR count). The van der Waals surface area contributed by atoms with Crippen LogP contribution < -0.4 is 10.6 Å². The van der Waals surface area contributed by atoms with Crippen LogP contribution in [-0.4, -0.2) is 18.6 Å². The standard InChI is InChI=1S/C16H23FN2O/c1-12-6-2-5-9-15(12)19-16(20)18-11-10-13-7-3-4-8-14(13)17/h3-4,7-8,12,15H,2,5-6,9-11H2,1H3,(H2,18,19,20)/t12-,15-/m1/s1. The second-order valence-electron chi connectivity index (χ2n) is 5.61. The van der Waals surface area contributed by atoms with Crippen LogP contribution in [0.1, 0.15) is 38.2 Å². The third-order valence-corrected chi connectivity index (χ3v) is 4.07. The van der Waals surface area contributed by atoms with Crippen molar-refractivity contribution < 1.29 is 9.18 Å². The normalized spacial score (nSPS) is 22.3. The van der Waals surface area contributed by atoms with Gasteiger partial charge >= 0.3 is 6.03 Å². The summed E-state index contributed by atoms with van der Waals surface area (Å²) in [6.07, 6.45) is 5.20. The van der Waals surface area contributed by atoms with Crippen molar-refractivity contribution in [2.45, 2.75) is 45.1 Å². The Labute approximate surface area is 120 Å². The van der Waals surface area contributed by atoms with E-state index in [0.717, 1.165) is 6.42 Å². The summed E-state index contributed by atoms with van der Waals surface area (Å²) >= 11 is 0. The minimum atomic E-state index is -0.212. The van der Waals surface area contributed by atoms with Gasteiger partial charge in [0.1, 0.15) is 5.82 Å². The van der Waals surface area contributed by atoms with Crippen molar-refractivity contribution in [1.82, 2.24) is 10.6 Å². The van der Waals surface area contributed by atoms with Crippen LogP contribution in [0.4, 0.5) is 9.18 Å². The number of rotatable bonds is 4. The third-order valence-electron chi connectivity index (χ3n) is 4.07. The molecule has 0 saturated heterocycles. The first kappa shape index (κ1) is 14.8. The third kappa shape index (κ3) is 4.22. The van der Waals surface area contributed by atoms with E-state index in [4.69, 9.17) is 0 Å². The smallest absolute Gasteiger partial charge is 0.315 e. The number of hydrogen-bond acceptors (Lipinski definition) is 1. The molecule has 2 amide bonds. The molecular formula is C16H23FN2O. The van der Waals surface area contributed by atoms with E-state index < -0.39 is 0 Å². The quantitative estimate of drug-likeness (QED) is 0.872. The van der Waals surface area contributed by atoms with E-state index in [-0.39, 0.29) is 17.9 Å². The van der Waals surface area contributed by atoms with Crippen molar-refractivity contribution >= 4 is 6.03 Å². The van der Waals surface area contributed by atoms with Gasteiger partial charge in [0.05, 0.1) is 0 Å². The minimum Gasteiger partial charge on any atom is -0.338 e. The molecule has 0 aliphatic heterocycles. The van der Waals surface area contributed by atoms with E-state index in [1.807, 2.05) is 6.07 Å². The second kappa shape index (κ2) is 7.27. The molecule has 2 atom stereocenters. The number of benzene rings is 1. The van der Waals surface area contributed by atoms with Gasteiger partial charge in [0.25, 0.3) is 0 Å². The summed E-state index contributed by atoms with van der Waals surface area (Å²) in [4.78, 5) is 11.8. The van der Waals surface area contributed by atoms with E-state index >= 15 is 0 Å². The molecule has 0 bridgehead atoms. The van der Waals surface area contributed by atoms with Crippen molar-refractivity contribution in [3.05, 3.63) is 35.6 Å². The van der Waals surface area contributed by atoms with Crippen LogP contribution in [0.2, 0.25) is 0 Å². The number of carbonyl (C=O) groups excluding carboxylic acids is 1. The maximum Gasteiger partial charge on any atom is 0.315 e. The van der Waals surface area contributed by atoms with Crippen LogP contribution in [0.25, 0.3) is 0 Å². The largest absolute Gasteiger partial charge is 0.338 e. The fourth-order valence-corrected chi connectivity index (χ4v) is 2.76. The molecule has 1 aromatic carbocycles. The highest BCUT2D eigenvalue weighted by molar-refractivity contribution is 5.74. The monoisotopic (exact) mass is 278 g/mol. The van der Waals surface area contributed by atoms with Crippen LogP contribution in [0.15, 0.2) is 24.3 Å². The number of carbonyl (C=O) groups is 1. The first-order valence-corrected chi connectivity index (χ1v) is 7.44. The molecule has 0 unspecified atom stereocenters. The van der Waals surface area contributed by atoms with Gasteiger partial charge in [-0.15, -0.1) is 0 Å². The van der Waals surface area contributed by atoms with Crippen LogP contribution in [0.5, 0.6) is 0 Å². The molecule has 0 heterocycles. The molecule has 1 aromatic rings. The molecule has 110 valence electrons. The molecular weight excluding hydrogens is 255 g/mol. The molecule has 4 heteroatoms. The van der Waals surface area contributed by atoms with Crippen molar-refractivity contribution in [1.29, 1.82) is 0 Å². The lowest BCUT2D eigenvalue weighted by Gasteiger charge is -2.29. The van der Waals surface area contributed by atoms with Crippen molar-refractivity contribution in [3.63, 3.8) is 0 Å². The van der Waals surface area contributed by atoms with Gasteiger partial charge in [-0.25, -0.2) is 9.18 Å². The summed E-state index contributed by atoms with van der Waals surface area (Å²) < 4.78 is 13.4. The summed E-state index contributed by atoms with van der Waals surface area (Å²) in [5.41, 5.74) is 0.638. The predicted octanol–water partition coefficient (Wildman–Crippen LogP) is 3.25. The van der Waals surface area contributed by atoms with E-state index in [2.05, 4.69) is 17.6 Å². The molecule has 0 aromatic heterocycles. The topological polar surface area (TPSA) is 41.1 Å². The van der Waals surface area contributed by atoms with Gasteiger partial charge in [-0.3, -0.25) is 0 Å². The highest BCUT2D eigenvalue weighted by Gasteiger charge is 2.22. The average Bonchev–Trinajstić information content (AvgIpc) is 2.43. The van der Waals surface area contributed by atoms with Crippen LogP contribution in [-0.2, 0) is 6.42 Å². The van der Waals surface area contributed by atoms with E-state index in [0.29, 0.717) is 24.4 Å². The Balaban J connectivity index is 1.71. The molecule has 0 spiro atoms. The van der Waals surface area contributed by atoms with E-state index in [1.165, 1.54) is 25.3 Å². The molecule has 0 radical (unpaired) electrons. The number of amides is 2. The Bertz CT molecular complexity index is 450. The van der Waals surface area contributed by atoms with E-state index in [9.17, 15) is 9.18 Å². The number of halogens is 1. The van der Waals surface area contributed by atoms with Gasteiger partial charge < -0.3 is 10.6 Å². The highest BCUT2D eigenvalue weighted by Crippen LogP contribution is 2.23. The SMILES string of the molecule is C[C@@H]1CCCC[C@H]1NC(=O)NCCc1ccccc1F. The maximum atomic E-state index is 13.4. The van der Waals surface area contributed by atoms with Gasteiger partial charge in [0.15, 0.2) is 0 Å². The fourth-order valence-electron chi connectivity index (χ4n) is 2.76. The molecule has 1 aliphatic rings. The van der Waals surface area contributed by atoms with Crippen molar-refractivity contribution in [2.24, 2.45) is 5.92 Å². The summed E-state index contributed by atoms with van der Waals surface area (Å²) in [5, 5.41) is 5.84.